The fourth-order valence-corrected chi connectivity index (χ4v) is 1.13. The van der Waals surface area contributed by atoms with Crippen LogP contribution in [0.2, 0.25) is 0 Å². The lowest BCUT2D eigenvalue weighted by molar-refractivity contribution is -0.885. The molecule has 3 nitrogen and oxygen atoms in total. The molecule has 0 unspecified atom stereocenters. The maximum absolute atomic E-state index is 10.5. The maximum atomic E-state index is 10.5. The summed E-state index contributed by atoms with van der Waals surface area (Å²) < 4.78 is 0.559. The van der Waals surface area contributed by atoms with Crippen LogP contribution in [-0.4, -0.2) is 42.7 Å². The van der Waals surface area contributed by atoms with E-state index in [1.165, 1.54) is 0 Å². The van der Waals surface area contributed by atoms with Gasteiger partial charge in [-0.1, -0.05) is 0 Å². The predicted molar refractivity (Wildman–Crippen MR) is 47.5 cm³/mol. The number of carbonyl (C=O) groups is 1. The van der Waals surface area contributed by atoms with E-state index >= 15 is 0 Å². The lowest BCUT2D eigenvalue weighted by Gasteiger charge is -2.28. The number of terminal acetylenes is 1. The molecule has 0 aliphatic rings. The highest BCUT2D eigenvalue weighted by molar-refractivity contribution is 5.69. The van der Waals surface area contributed by atoms with Gasteiger partial charge < -0.3 is 9.59 Å². The van der Waals surface area contributed by atoms with E-state index in [4.69, 9.17) is 11.5 Å². The zero-order chi connectivity index (χ0) is 9.78. The van der Waals surface area contributed by atoms with Gasteiger partial charge in [0, 0.05) is 0 Å². The highest BCUT2D eigenvalue weighted by Crippen LogP contribution is 2.04. The Kier molecular flexibility index (Phi) is 3.78. The predicted octanol–water partition coefficient (Wildman–Crippen LogP) is 0.417. The first-order chi connectivity index (χ1) is 5.39. The highest BCUT2D eigenvalue weighted by Gasteiger charge is 2.22. The fraction of sp³-hybridized carbons (Fsp3) is 0.667. The van der Waals surface area contributed by atoms with Crippen LogP contribution in [0.1, 0.15) is 6.92 Å². The molecule has 0 radical (unpaired) electrons. The number of carboxylic acid groups (broad SMARTS) is 1. The summed E-state index contributed by atoms with van der Waals surface area (Å²) in [5.74, 6) is 1.43. The van der Waals surface area contributed by atoms with E-state index in [1.807, 2.05) is 14.1 Å². The Morgan fingerprint density at radius 3 is 2.50 bits per heavy atom. The number of carboxylic acids is 1. The Hall–Kier alpha value is -1.01. The van der Waals surface area contributed by atoms with Crippen LogP contribution in [-0.2, 0) is 4.79 Å². The molecule has 68 valence electrons. The van der Waals surface area contributed by atoms with Crippen LogP contribution in [0.5, 0.6) is 0 Å². The number of nitrogens with zero attached hydrogens (tertiary/aromatic N) is 1. The summed E-state index contributed by atoms with van der Waals surface area (Å²) in [4.78, 5) is 10.5. The number of hydrogen-bond acceptors (Lipinski definition) is 1. The lowest BCUT2D eigenvalue weighted by Crippen LogP contribution is -2.44. The van der Waals surface area contributed by atoms with Gasteiger partial charge in [0.25, 0.3) is 0 Å². The average molecular weight is 170 g/mol. The molecule has 0 bridgehead atoms. The van der Waals surface area contributed by atoms with Gasteiger partial charge in [0.15, 0.2) is 0 Å². The largest absolute Gasteiger partial charge is 0.481 e. The summed E-state index contributed by atoms with van der Waals surface area (Å²) in [6.07, 6.45) is 5.15. The number of hydrogen-bond donors (Lipinski definition) is 1. The first-order valence-corrected chi connectivity index (χ1v) is 3.87. The second kappa shape index (κ2) is 4.13. The minimum absolute atomic E-state index is 0.339. The van der Waals surface area contributed by atoms with Gasteiger partial charge >= 0.3 is 5.97 Å². The van der Waals surface area contributed by atoms with E-state index in [1.54, 1.807) is 6.92 Å². The van der Waals surface area contributed by atoms with E-state index in [0.29, 0.717) is 17.6 Å². The summed E-state index contributed by atoms with van der Waals surface area (Å²) in [5, 5.41) is 8.65. The number of rotatable bonds is 4. The van der Waals surface area contributed by atoms with Crippen LogP contribution >= 0.6 is 0 Å². The summed E-state index contributed by atoms with van der Waals surface area (Å²) >= 11 is 0. The molecule has 0 saturated heterocycles. The highest BCUT2D eigenvalue weighted by atomic mass is 16.4. The standard InChI is InChI=1S/C9H15NO2/c1-5-6-10(3,4)7-8(2)9(11)12/h1,8H,6-7H2,2-4H3/p+1/t8-/m1/s1. The minimum atomic E-state index is -0.766. The third kappa shape index (κ3) is 3.99. The van der Waals surface area contributed by atoms with Gasteiger partial charge in [0.1, 0.15) is 12.5 Å². The molecule has 0 fully saturated rings. The SMILES string of the molecule is C#CC[N+](C)(C)C[C@@H](C)C(=O)O. The molecule has 0 spiro atoms. The molecule has 0 aromatic carbocycles. The van der Waals surface area contributed by atoms with Crippen LogP contribution in [0.4, 0.5) is 0 Å². The van der Waals surface area contributed by atoms with Crippen molar-refractivity contribution in [3.8, 4) is 12.3 Å². The molecule has 0 aliphatic carbocycles. The van der Waals surface area contributed by atoms with Crippen molar-refractivity contribution in [3.05, 3.63) is 0 Å². The topological polar surface area (TPSA) is 37.3 Å². The molecule has 3 heteroatoms. The summed E-state index contributed by atoms with van der Waals surface area (Å²) in [5.41, 5.74) is 0. The molecule has 0 saturated carbocycles. The number of aliphatic carboxylic acids is 1. The van der Waals surface area contributed by atoms with Crippen molar-refractivity contribution in [2.75, 3.05) is 27.2 Å². The van der Waals surface area contributed by atoms with Crippen LogP contribution in [0.25, 0.3) is 0 Å². The molecule has 0 aromatic heterocycles. The zero-order valence-corrected chi connectivity index (χ0v) is 7.87. The smallest absolute Gasteiger partial charge is 0.311 e. The van der Waals surface area contributed by atoms with Gasteiger partial charge in [-0.2, -0.15) is 0 Å². The Balaban J connectivity index is 4.07. The molecular weight excluding hydrogens is 154 g/mol. The molecule has 0 aliphatic heterocycles. The van der Waals surface area contributed by atoms with Gasteiger partial charge in [0.05, 0.1) is 20.6 Å². The molecule has 0 rings (SSSR count). The number of quaternary nitrogens is 1. The van der Waals surface area contributed by atoms with E-state index in [9.17, 15) is 4.79 Å². The normalized spacial score (nSPS) is 13.5. The quantitative estimate of drug-likeness (QED) is 0.490. The maximum Gasteiger partial charge on any atom is 0.311 e. The second-order valence-corrected chi connectivity index (χ2v) is 3.72. The van der Waals surface area contributed by atoms with Crippen molar-refractivity contribution in [2.45, 2.75) is 6.92 Å². The zero-order valence-electron chi connectivity index (χ0n) is 7.87. The Morgan fingerprint density at radius 1 is 1.67 bits per heavy atom. The monoisotopic (exact) mass is 170 g/mol. The van der Waals surface area contributed by atoms with Crippen molar-refractivity contribution < 1.29 is 14.4 Å². The summed E-state index contributed by atoms with van der Waals surface area (Å²) in [6, 6.07) is 0. The summed E-state index contributed by atoms with van der Waals surface area (Å²) in [6.45, 7) is 2.83. The van der Waals surface area contributed by atoms with Crippen LogP contribution < -0.4 is 0 Å². The van der Waals surface area contributed by atoms with E-state index < -0.39 is 5.97 Å². The van der Waals surface area contributed by atoms with Gasteiger partial charge in [0.2, 0.25) is 0 Å². The minimum Gasteiger partial charge on any atom is -0.481 e. The van der Waals surface area contributed by atoms with E-state index in [0.717, 1.165) is 0 Å². The third-order valence-corrected chi connectivity index (χ3v) is 1.71. The fourth-order valence-electron chi connectivity index (χ4n) is 1.13. The molecule has 1 N–H and O–H groups in total. The van der Waals surface area contributed by atoms with Gasteiger partial charge in [-0.25, -0.2) is 0 Å². The van der Waals surface area contributed by atoms with Crippen molar-refractivity contribution >= 4 is 5.97 Å². The molecule has 0 aromatic rings. The molecule has 0 heterocycles. The third-order valence-electron chi connectivity index (χ3n) is 1.71. The van der Waals surface area contributed by atoms with Crippen LogP contribution in [0.15, 0.2) is 0 Å². The van der Waals surface area contributed by atoms with Crippen molar-refractivity contribution in [1.82, 2.24) is 0 Å². The lowest BCUT2D eigenvalue weighted by atomic mass is 10.1. The molecule has 1 atom stereocenters. The van der Waals surface area contributed by atoms with Crippen LogP contribution in [0, 0.1) is 18.3 Å². The molecule has 0 amide bonds. The van der Waals surface area contributed by atoms with Crippen molar-refractivity contribution in [3.63, 3.8) is 0 Å². The second-order valence-electron chi connectivity index (χ2n) is 3.72. The van der Waals surface area contributed by atoms with Gasteiger partial charge in [-0.3, -0.25) is 4.79 Å². The average Bonchev–Trinajstić information content (AvgIpc) is 1.85. The Morgan fingerprint density at radius 2 is 2.17 bits per heavy atom. The first kappa shape index (κ1) is 11.0. The van der Waals surface area contributed by atoms with Crippen molar-refractivity contribution in [1.29, 1.82) is 0 Å². The van der Waals surface area contributed by atoms with Crippen LogP contribution in [0.3, 0.4) is 0 Å². The van der Waals surface area contributed by atoms with Crippen molar-refractivity contribution in [2.24, 2.45) is 5.92 Å². The Labute approximate surface area is 73.6 Å². The van der Waals surface area contributed by atoms with E-state index in [-0.39, 0.29) is 5.92 Å². The van der Waals surface area contributed by atoms with Gasteiger partial charge in [-0.05, 0) is 12.8 Å². The summed E-state index contributed by atoms with van der Waals surface area (Å²) in [7, 11) is 3.86. The molecule has 12 heavy (non-hydrogen) atoms. The molecular formula is C9H16NO2+. The van der Waals surface area contributed by atoms with Gasteiger partial charge in [-0.15, -0.1) is 6.42 Å². The first-order valence-electron chi connectivity index (χ1n) is 3.87. The van der Waals surface area contributed by atoms with E-state index in [2.05, 4.69) is 5.92 Å². The Bertz CT molecular complexity index is 203.